The van der Waals surface area contributed by atoms with E-state index in [2.05, 4.69) is 49.9 Å². The molecule has 2 rings (SSSR count). The van der Waals surface area contributed by atoms with Crippen LogP contribution >= 0.6 is 0 Å². The number of benzene rings is 2. The summed E-state index contributed by atoms with van der Waals surface area (Å²) in [4.78, 5) is 0. The fourth-order valence-electron chi connectivity index (χ4n) is 2.21. The Balaban J connectivity index is 2.04. The first kappa shape index (κ1) is 13.4. The van der Waals surface area contributed by atoms with Gasteiger partial charge in [0.15, 0.2) is 0 Å². The Hall–Kier alpha value is -2.02. The number of rotatable bonds is 5. The van der Waals surface area contributed by atoms with Crippen molar-refractivity contribution in [3.8, 4) is 5.75 Å². The molecule has 1 nitrogen and oxygen atoms in total. The zero-order valence-electron chi connectivity index (χ0n) is 11.6. The van der Waals surface area contributed by atoms with E-state index in [1.807, 2.05) is 18.2 Å². The third-order valence-corrected chi connectivity index (χ3v) is 3.42. The van der Waals surface area contributed by atoms with Gasteiger partial charge in [0.05, 0.1) is 7.11 Å². The third-order valence-electron chi connectivity index (χ3n) is 3.42. The van der Waals surface area contributed by atoms with Crippen LogP contribution in [-0.4, -0.2) is 7.11 Å². The lowest BCUT2D eigenvalue weighted by molar-refractivity contribution is 0.414. The topological polar surface area (TPSA) is 9.23 Å². The molecular weight excluding hydrogens is 232 g/mol. The first-order chi connectivity index (χ1) is 9.20. The van der Waals surface area contributed by atoms with Crippen LogP contribution in [-0.2, 0) is 0 Å². The van der Waals surface area contributed by atoms with E-state index in [1.54, 1.807) is 7.11 Å². The minimum atomic E-state index is 0.457. The Labute approximate surface area is 115 Å². The smallest absolute Gasteiger partial charge is 0.118 e. The highest BCUT2D eigenvalue weighted by Crippen LogP contribution is 2.28. The first-order valence-corrected chi connectivity index (χ1v) is 6.58. The summed E-state index contributed by atoms with van der Waals surface area (Å²) in [7, 11) is 1.69. The molecule has 0 radical (unpaired) electrons. The molecule has 1 atom stereocenters. The number of methoxy groups -OCH3 is 1. The summed E-state index contributed by atoms with van der Waals surface area (Å²) in [5.74, 6) is 1.36. The number of allylic oxidation sites excluding steroid dienone is 1. The van der Waals surface area contributed by atoms with E-state index >= 15 is 0 Å². The highest BCUT2D eigenvalue weighted by molar-refractivity contribution is 5.63. The van der Waals surface area contributed by atoms with Crippen molar-refractivity contribution < 1.29 is 4.74 Å². The molecule has 2 aromatic rings. The number of hydrogen-bond acceptors (Lipinski definition) is 1. The monoisotopic (exact) mass is 252 g/mol. The molecule has 0 spiro atoms. The maximum atomic E-state index is 5.18. The average molecular weight is 252 g/mol. The van der Waals surface area contributed by atoms with Crippen LogP contribution in [0, 0.1) is 0 Å². The minimum absolute atomic E-state index is 0.457. The van der Waals surface area contributed by atoms with E-state index < -0.39 is 0 Å². The molecule has 98 valence electrons. The van der Waals surface area contributed by atoms with Crippen LogP contribution in [0.5, 0.6) is 5.75 Å². The van der Waals surface area contributed by atoms with Crippen LogP contribution in [0.15, 0.2) is 61.2 Å². The molecule has 0 aliphatic rings. The quantitative estimate of drug-likeness (QED) is 0.735. The van der Waals surface area contributed by atoms with Gasteiger partial charge in [-0.05, 0) is 41.2 Å². The molecule has 0 heterocycles. The van der Waals surface area contributed by atoms with Crippen molar-refractivity contribution in [2.45, 2.75) is 19.3 Å². The van der Waals surface area contributed by atoms with Gasteiger partial charge >= 0.3 is 0 Å². The summed E-state index contributed by atoms with van der Waals surface area (Å²) >= 11 is 0. The predicted octanol–water partition coefficient (Wildman–Crippen LogP) is 4.90. The molecule has 19 heavy (non-hydrogen) atoms. The minimum Gasteiger partial charge on any atom is -0.497 e. The van der Waals surface area contributed by atoms with Gasteiger partial charge in [-0.15, -0.1) is 0 Å². The van der Waals surface area contributed by atoms with E-state index in [9.17, 15) is 0 Å². The van der Waals surface area contributed by atoms with E-state index in [1.165, 1.54) is 16.7 Å². The Morgan fingerprint density at radius 1 is 1.05 bits per heavy atom. The molecule has 2 aromatic carbocycles. The summed E-state index contributed by atoms with van der Waals surface area (Å²) < 4.78 is 5.18. The Bertz CT molecular complexity index is 525. The van der Waals surface area contributed by atoms with Gasteiger partial charge in [0.1, 0.15) is 5.75 Å². The largest absolute Gasteiger partial charge is 0.497 e. The third kappa shape index (κ3) is 3.47. The van der Waals surface area contributed by atoms with Gasteiger partial charge in [0.25, 0.3) is 0 Å². The second-order valence-corrected chi connectivity index (χ2v) is 4.85. The molecule has 0 amide bonds. The van der Waals surface area contributed by atoms with E-state index in [0.717, 1.165) is 12.2 Å². The number of hydrogen-bond donors (Lipinski definition) is 0. The fraction of sp³-hybridized carbons (Fsp3) is 0.222. The summed E-state index contributed by atoms with van der Waals surface area (Å²) in [6, 6.07) is 18.6. The molecule has 1 heteroatoms. The SMILES string of the molecule is C=C(C[C@@H](C)c1ccc(OC)cc1)c1ccccc1. The summed E-state index contributed by atoms with van der Waals surface area (Å²) in [6.07, 6.45) is 0.969. The molecular formula is C18H20O. The molecule has 0 unspecified atom stereocenters. The van der Waals surface area contributed by atoms with Crippen LogP contribution in [0.25, 0.3) is 5.57 Å². The van der Waals surface area contributed by atoms with Gasteiger partial charge in [-0.1, -0.05) is 56.0 Å². The lowest BCUT2D eigenvalue weighted by atomic mass is 9.91. The summed E-state index contributed by atoms with van der Waals surface area (Å²) in [6.45, 7) is 6.43. The maximum Gasteiger partial charge on any atom is 0.118 e. The normalized spacial score (nSPS) is 11.9. The van der Waals surface area contributed by atoms with Gasteiger partial charge < -0.3 is 4.74 Å². The second-order valence-electron chi connectivity index (χ2n) is 4.85. The van der Waals surface area contributed by atoms with Gasteiger partial charge in [-0.3, -0.25) is 0 Å². The standard InChI is InChI=1S/C18H20O/c1-14(16-7-5-4-6-8-16)13-15(2)17-9-11-18(19-3)12-10-17/h4-12,15H,1,13H2,2-3H3/t15-/m1/s1. The zero-order chi connectivity index (χ0) is 13.7. The van der Waals surface area contributed by atoms with Crippen molar-refractivity contribution in [2.24, 2.45) is 0 Å². The van der Waals surface area contributed by atoms with Crippen LogP contribution in [0.4, 0.5) is 0 Å². The zero-order valence-corrected chi connectivity index (χ0v) is 11.6. The van der Waals surface area contributed by atoms with Crippen molar-refractivity contribution in [3.05, 3.63) is 72.3 Å². The van der Waals surface area contributed by atoms with Gasteiger partial charge in [0, 0.05) is 0 Å². The van der Waals surface area contributed by atoms with Crippen molar-refractivity contribution in [1.82, 2.24) is 0 Å². The van der Waals surface area contributed by atoms with Crippen LogP contribution in [0.2, 0.25) is 0 Å². The Morgan fingerprint density at radius 2 is 1.68 bits per heavy atom. The summed E-state index contributed by atoms with van der Waals surface area (Å²) in [5.41, 5.74) is 3.73. The predicted molar refractivity (Wildman–Crippen MR) is 81.5 cm³/mol. The highest BCUT2D eigenvalue weighted by Gasteiger charge is 2.08. The van der Waals surface area contributed by atoms with Crippen molar-refractivity contribution in [1.29, 1.82) is 0 Å². The molecule has 0 saturated carbocycles. The van der Waals surface area contributed by atoms with Gasteiger partial charge in [-0.25, -0.2) is 0 Å². The van der Waals surface area contributed by atoms with Crippen LogP contribution < -0.4 is 4.74 Å². The van der Waals surface area contributed by atoms with E-state index in [4.69, 9.17) is 4.74 Å². The van der Waals surface area contributed by atoms with Crippen LogP contribution in [0.1, 0.15) is 30.4 Å². The average Bonchev–Trinajstić information content (AvgIpc) is 2.48. The maximum absolute atomic E-state index is 5.18. The Morgan fingerprint density at radius 3 is 2.26 bits per heavy atom. The van der Waals surface area contributed by atoms with Gasteiger partial charge in [-0.2, -0.15) is 0 Å². The summed E-state index contributed by atoms with van der Waals surface area (Å²) in [5, 5.41) is 0. The number of ether oxygens (including phenoxy) is 1. The van der Waals surface area contributed by atoms with Crippen molar-refractivity contribution in [3.63, 3.8) is 0 Å². The van der Waals surface area contributed by atoms with Crippen molar-refractivity contribution >= 4 is 5.57 Å². The molecule has 0 N–H and O–H groups in total. The fourth-order valence-corrected chi connectivity index (χ4v) is 2.21. The van der Waals surface area contributed by atoms with E-state index in [-0.39, 0.29) is 0 Å². The lowest BCUT2D eigenvalue weighted by Crippen LogP contribution is -1.95. The molecule has 0 saturated heterocycles. The Kier molecular flexibility index (Phi) is 4.40. The first-order valence-electron chi connectivity index (χ1n) is 6.58. The second kappa shape index (κ2) is 6.24. The molecule has 0 bridgehead atoms. The molecule has 0 fully saturated rings. The highest BCUT2D eigenvalue weighted by atomic mass is 16.5. The van der Waals surface area contributed by atoms with E-state index in [0.29, 0.717) is 5.92 Å². The van der Waals surface area contributed by atoms with Gasteiger partial charge in [0.2, 0.25) is 0 Å². The molecule has 0 aromatic heterocycles. The molecule has 0 aliphatic heterocycles. The van der Waals surface area contributed by atoms with Crippen LogP contribution in [0.3, 0.4) is 0 Å². The molecule has 0 aliphatic carbocycles. The van der Waals surface area contributed by atoms with Crippen molar-refractivity contribution in [2.75, 3.05) is 7.11 Å². The lowest BCUT2D eigenvalue weighted by Gasteiger charge is -2.14.